The first kappa shape index (κ1) is 20.0. The third kappa shape index (κ3) is 4.06. The Kier molecular flexibility index (Phi) is 6.08. The van der Waals surface area contributed by atoms with Gasteiger partial charge in [-0.1, -0.05) is 18.2 Å². The van der Waals surface area contributed by atoms with E-state index >= 15 is 0 Å². The van der Waals surface area contributed by atoms with E-state index in [1.807, 2.05) is 0 Å². The van der Waals surface area contributed by atoms with Crippen molar-refractivity contribution < 1.29 is 28.6 Å². The summed E-state index contributed by atoms with van der Waals surface area (Å²) < 4.78 is 23.7. The zero-order chi connectivity index (χ0) is 20.3. The fraction of sp³-hybridized carbons (Fsp3) is 0.300. The molecular weight excluding hydrogens is 385 g/mol. The average Bonchev–Trinajstić information content (AvgIpc) is 3.14. The topological polar surface area (TPSA) is 76.1 Å². The molecule has 148 valence electrons. The number of nitrogens with zero attached hydrogens (tertiary/aromatic N) is 1. The van der Waals surface area contributed by atoms with Crippen molar-refractivity contribution in [2.75, 3.05) is 20.0 Å². The third-order valence-corrected chi connectivity index (χ3v) is 5.86. The lowest BCUT2D eigenvalue weighted by atomic mass is 10.1. The van der Waals surface area contributed by atoms with Crippen molar-refractivity contribution in [3.8, 4) is 11.5 Å². The van der Waals surface area contributed by atoms with E-state index in [0.29, 0.717) is 17.1 Å². The van der Waals surface area contributed by atoms with Gasteiger partial charge in [0.25, 0.3) is 0 Å². The number of rotatable bonds is 6. The van der Waals surface area contributed by atoms with Crippen molar-refractivity contribution in [2.24, 2.45) is 0 Å². The quantitative estimate of drug-likeness (QED) is 0.796. The number of ether oxygens (including phenoxy) is 2. The molecule has 2 unspecified atom stereocenters. The number of carboxylic acid groups (broad SMARTS) is 1. The van der Waals surface area contributed by atoms with E-state index in [0.717, 1.165) is 5.56 Å². The molecule has 1 N–H and O–H groups in total. The molecule has 1 saturated heterocycles. The Morgan fingerprint density at radius 1 is 1.14 bits per heavy atom. The number of carbonyl (C=O) groups is 2. The van der Waals surface area contributed by atoms with Crippen molar-refractivity contribution >= 4 is 23.6 Å². The number of thioether (sulfide) groups is 1. The van der Waals surface area contributed by atoms with Crippen LogP contribution in [0.15, 0.2) is 42.5 Å². The van der Waals surface area contributed by atoms with Gasteiger partial charge in [0, 0.05) is 5.75 Å². The largest absolute Gasteiger partial charge is 0.493 e. The molecule has 0 saturated carbocycles. The van der Waals surface area contributed by atoms with E-state index in [1.54, 1.807) is 18.2 Å². The van der Waals surface area contributed by atoms with Gasteiger partial charge in [0.15, 0.2) is 11.5 Å². The summed E-state index contributed by atoms with van der Waals surface area (Å²) >= 11 is 1.38. The first-order valence-corrected chi connectivity index (χ1v) is 9.61. The second kappa shape index (κ2) is 8.52. The van der Waals surface area contributed by atoms with Crippen molar-refractivity contribution in [1.29, 1.82) is 0 Å². The van der Waals surface area contributed by atoms with Gasteiger partial charge in [-0.15, -0.1) is 11.8 Å². The smallest absolute Gasteiger partial charge is 0.327 e. The van der Waals surface area contributed by atoms with Gasteiger partial charge in [0.2, 0.25) is 5.91 Å². The normalized spacial score (nSPS) is 18.8. The highest BCUT2D eigenvalue weighted by atomic mass is 32.2. The fourth-order valence-electron chi connectivity index (χ4n) is 3.13. The van der Waals surface area contributed by atoms with Crippen LogP contribution >= 0.6 is 11.8 Å². The lowest BCUT2D eigenvalue weighted by Crippen LogP contribution is -2.43. The van der Waals surface area contributed by atoms with Gasteiger partial charge in [-0.2, -0.15) is 0 Å². The highest BCUT2D eigenvalue weighted by Crippen LogP contribution is 2.44. The van der Waals surface area contributed by atoms with Gasteiger partial charge in [0.1, 0.15) is 17.2 Å². The average molecular weight is 405 g/mol. The van der Waals surface area contributed by atoms with Gasteiger partial charge in [0.05, 0.1) is 20.6 Å². The minimum absolute atomic E-state index is 0.00555. The molecule has 0 bridgehead atoms. The summed E-state index contributed by atoms with van der Waals surface area (Å²) in [6.07, 6.45) is -0.00555. The summed E-state index contributed by atoms with van der Waals surface area (Å²) in [5, 5.41) is 9.12. The molecule has 8 heteroatoms. The van der Waals surface area contributed by atoms with E-state index in [9.17, 15) is 19.1 Å². The van der Waals surface area contributed by atoms with Crippen LogP contribution in [0.25, 0.3) is 0 Å². The number of aliphatic carboxylic acids is 1. The second-order valence-electron chi connectivity index (χ2n) is 6.26. The maximum atomic E-state index is 13.1. The summed E-state index contributed by atoms with van der Waals surface area (Å²) in [5.74, 6) is -0.437. The highest BCUT2D eigenvalue weighted by Gasteiger charge is 2.42. The standard InChI is InChI=1S/C20H20FNO5S/c1-26-16-8-5-13(10-17(16)27-2)19-22(15(11-28-19)20(24)25)18(23)9-12-3-6-14(21)7-4-12/h3-8,10,15,19H,9,11H2,1-2H3,(H,24,25). The number of benzene rings is 2. The molecule has 1 aliphatic rings. The summed E-state index contributed by atoms with van der Waals surface area (Å²) in [7, 11) is 3.04. The Morgan fingerprint density at radius 3 is 2.43 bits per heavy atom. The predicted molar refractivity (Wildman–Crippen MR) is 103 cm³/mol. The lowest BCUT2D eigenvalue weighted by Gasteiger charge is -2.28. The Bertz CT molecular complexity index is 873. The molecule has 28 heavy (non-hydrogen) atoms. The van der Waals surface area contributed by atoms with Gasteiger partial charge in [-0.05, 0) is 35.4 Å². The zero-order valence-corrected chi connectivity index (χ0v) is 16.2. The molecule has 1 heterocycles. The molecule has 0 spiro atoms. The van der Waals surface area contributed by atoms with Crippen LogP contribution in [0.3, 0.4) is 0 Å². The molecule has 6 nitrogen and oxygen atoms in total. The second-order valence-corrected chi connectivity index (χ2v) is 7.37. The first-order valence-electron chi connectivity index (χ1n) is 8.56. The lowest BCUT2D eigenvalue weighted by molar-refractivity contribution is -0.148. The molecule has 1 fully saturated rings. The van der Waals surface area contributed by atoms with Gasteiger partial charge < -0.3 is 19.5 Å². The number of carbonyl (C=O) groups excluding carboxylic acids is 1. The SMILES string of the molecule is COc1ccc(C2SCC(C(=O)O)N2C(=O)Cc2ccc(F)cc2)cc1OC. The van der Waals surface area contributed by atoms with E-state index < -0.39 is 17.4 Å². The first-order chi connectivity index (χ1) is 13.4. The van der Waals surface area contributed by atoms with Crippen molar-refractivity contribution in [3.05, 3.63) is 59.4 Å². The monoisotopic (exact) mass is 405 g/mol. The maximum Gasteiger partial charge on any atom is 0.327 e. The zero-order valence-electron chi connectivity index (χ0n) is 15.4. The van der Waals surface area contributed by atoms with Crippen molar-refractivity contribution in [2.45, 2.75) is 17.8 Å². The highest BCUT2D eigenvalue weighted by molar-refractivity contribution is 7.99. The molecule has 0 aromatic heterocycles. The molecule has 1 amide bonds. The van der Waals surface area contributed by atoms with Crippen LogP contribution in [0.5, 0.6) is 11.5 Å². The van der Waals surface area contributed by atoms with E-state index in [1.165, 1.54) is 55.1 Å². The van der Waals surface area contributed by atoms with Gasteiger partial charge in [-0.3, -0.25) is 4.79 Å². The van der Waals surface area contributed by atoms with Crippen LogP contribution in [0.2, 0.25) is 0 Å². The van der Waals surface area contributed by atoms with Crippen LogP contribution < -0.4 is 9.47 Å². The summed E-state index contributed by atoms with van der Waals surface area (Å²) in [6, 6.07) is 9.95. The van der Waals surface area contributed by atoms with Crippen LogP contribution in [0, 0.1) is 5.82 Å². The molecule has 1 aliphatic heterocycles. The Morgan fingerprint density at radius 2 is 1.82 bits per heavy atom. The predicted octanol–water partition coefficient (Wildman–Crippen LogP) is 3.11. The number of methoxy groups -OCH3 is 2. The number of amides is 1. The minimum Gasteiger partial charge on any atom is -0.493 e. The van der Waals surface area contributed by atoms with Crippen LogP contribution in [0.4, 0.5) is 4.39 Å². The van der Waals surface area contributed by atoms with Crippen LogP contribution in [-0.2, 0) is 16.0 Å². The molecule has 0 radical (unpaired) electrons. The molecule has 2 aromatic carbocycles. The Labute approximate surface area is 166 Å². The number of hydrogen-bond donors (Lipinski definition) is 1. The minimum atomic E-state index is -1.05. The van der Waals surface area contributed by atoms with Crippen LogP contribution in [-0.4, -0.2) is 47.9 Å². The maximum absolute atomic E-state index is 13.1. The molecule has 0 aliphatic carbocycles. The van der Waals surface area contributed by atoms with Gasteiger partial charge >= 0.3 is 5.97 Å². The molecule has 3 rings (SSSR count). The molecule has 2 atom stereocenters. The van der Waals surface area contributed by atoms with Crippen molar-refractivity contribution in [3.63, 3.8) is 0 Å². The van der Waals surface area contributed by atoms with Crippen LogP contribution in [0.1, 0.15) is 16.5 Å². The summed E-state index contributed by atoms with van der Waals surface area (Å²) in [5.41, 5.74) is 1.37. The van der Waals surface area contributed by atoms with E-state index in [2.05, 4.69) is 0 Å². The van der Waals surface area contributed by atoms with E-state index in [4.69, 9.17) is 9.47 Å². The third-order valence-electron chi connectivity index (χ3n) is 4.53. The molecule has 2 aromatic rings. The number of halogens is 1. The number of carboxylic acids is 1. The van der Waals surface area contributed by atoms with Crippen molar-refractivity contribution in [1.82, 2.24) is 4.90 Å². The summed E-state index contributed by atoms with van der Waals surface area (Å²) in [6.45, 7) is 0. The Balaban J connectivity index is 1.90. The van der Waals surface area contributed by atoms with E-state index in [-0.39, 0.29) is 23.9 Å². The fourth-order valence-corrected chi connectivity index (χ4v) is 4.56. The Hall–Kier alpha value is -2.74. The summed E-state index contributed by atoms with van der Waals surface area (Å²) in [4.78, 5) is 26.1. The number of hydrogen-bond acceptors (Lipinski definition) is 5. The van der Waals surface area contributed by atoms with Gasteiger partial charge in [-0.25, -0.2) is 9.18 Å². The molecular formula is C20H20FNO5S.